The van der Waals surface area contributed by atoms with E-state index < -0.39 is 11.9 Å². The lowest BCUT2D eigenvalue weighted by atomic mass is 9.97. The molecule has 8 nitrogen and oxygen atoms in total. The number of carbonyl (C=O) groups excluding carboxylic acids is 1. The molecular weight excluding hydrogens is 478 g/mol. The molecule has 2 aromatic heterocycles. The number of fused-ring (bicyclic) bond motifs is 2. The first-order valence-corrected chi connectivity index (χ1v) is 12.7. The van der Waals surface area contributed by atoms with E-state index in [9.17, 15) is 14.7 Å². The highest BCUT2D eigenvalue weighted by atomic mass is 32.1. The molecule has 0 saturated heterocycles. The number of phenols is 1. The normalized spacial score (nSPS) is 15.2. The van der Waals surface area contributed by atoms with Crippen molar-refractivity contribution in [1.29, 1.82) is 0 Å². The molecule has 186 valence electrons. The van der Waals surface area contributed by atoms with Crippen LogP contribution >= 0.6 is 11.3 Å². The number of aryl methyl sites for hydroxylation is 2. The molecular formula is C27H27N3O5S. The number of benzene rings is 2. The van der Waals surface area contributed by atoms with Gasteiger partial charge in [0.05, 0.1) is 23.6 Å². The van der Waals surface area contributed by atoms with Gasteiger partial charge in [-0.1, -0.05) is 31.3 Å². The molecule has 0 radical (unpaired) electrons. The van der Waals surface area contributed by atoms with Gasteiger partial charge in [0.1, 0.15) is 10.6 Å². The van der Waals surface area contributed by atoms with Gasteiger partial charge in [0.2, 0.25) is 10.9 Å². The second-order valence-electron chi connectivity index (χ2n) is 9.42. The molecule has 36 heavy (non-hydrogen) atoms. The first kappa shape index (κ1) is 24.0. The topological polar surface area (TPSA) is 106 Å². The molecule has 0 aliphatic carbocycles. The summed E-state index contributed by atoms with van der Waals surface area (Å²) in [6, 6.07) is 7.61. The lowest BCUT2D eigenvalue weighted by Gasteiger charge is -2.22. The van der Waals surface area contributed by atoms with E-state index in [-0.39, 0.29) is 28.3 Å². The van der Waals surface area contributed by atoms with Crippen LogP contribution in [0.4, 0.5) is 5.13 Å². The smallest absolute Gasteiger partial charge is 0.297 e. The highest BCUT2D eigenvalue weighted by Gasteiger charge is 2.45. The summed E-state index contributed by atoms with van der Waals surface area (Å²) in [7, 11) is 0. The van der Waals surface area contributed by atoms with E-state index in [1.165, 1.54) is 22.3 Å². The highest BCUT2D eigenvalue weighted by Crippen LogP contribution is 2.44. The van der Waals surface area contributed by atoms with Crippen molar-refractivity contribution in [2.75, 3.05) is 11.5 Å². The Hall–Kier alpha value is -3.72. The van der Waals surface area contributed by atoms with Crippen LogP contribution in [-0.2, 0) is 6.42 Å². The van der Waals surface area contributed by atoms with Crippen LogP contribution in [0, 0.1) is 19.8 Å². The van der Waals surface area contributed by atoms with Gasteiger partial charge < -0.3 is 14.3 Å². The molecule has 2 aromatic carbocycles. The number of nitrogens with zero attached hydrogens (tertiary/aromatic N) is 3. The van der Waals surface area contributed by atoms with Crippen LogP contribution in [0.5, 0.6) is 11.5 Å². The molecule has 1 unspecified atom stereocenters. The van der Waals surface area contributed by atoms with Gasteiger partial charge in [-0.2, -0.15) is 0 Å². The number of hydrogen-bond donors (Lipinski definition) is 1. The molecule has 0 bridgehead atoms. The predicted molar refractivity (Wildman–Crippen MR) is 138 cm³/mol. The summed E-state index contributed by atoms with van der Waals surface area (Å²) in [6.45, 7) is 10.2. The zero-order valence-electron chi connectivity index (χ0n) is 20.8. The van der Waals surface area contributed by atoms with Crippen molar-refractivity contribution in [2.24, 2.45) is 5.92 Å². The number of amides is 1. The van der Waals surface area contributed by atoms with Gasteiger partial charge in [0.25, 0.3) is 5.91 Å². The average molecular weight is 506 g/mol. The SMILES string of the molecule is CCOc1cc(C2c3c(oc4cc(C)c(C)cc4c3=O)C(=O)N2c2nnc(CC(C)C)s2)ccc1O. The average Bonchev–Trinajstić information content (AvgIpc) is 3.39. The number of phenolic OH excluding ortho intramolecular Hbond substituents is 1. The van der Waals surface area contributed by atoms with E-state index in [2.05, 4.69) is 24.0 Å². The molecule has 5 rings (SSSR count). The summed E-state index contributed by atoms with van der Waals surface area (Å²) < 4.78 is 11.7. The Labute approximate surface area is 212 Å². The first-order chi connectivity index (χ1) is 17.2. The molecule has 0 saturated carbocycles. The fourth-order valence-corrected chi connectivity index (χ4v) is 5.56. The second-order valence-corrected chi connectivity index (χ2v) is 10.5. The van der Waals surface area contributed by atoms with E-state index in [1.807, 2.05) is 20.8 Å². The summed E-state index contributed by atoms with van der Waals surface area (Å²) >= 11 is 1.32. The number of hydrogen-bond acceptors (Lipinski definition) is 8. The van der Waals surface area contributed by atoms with Crippen molar-refractivity contribution < 1.29 is 19.1 Å². The molecule has 0 fully saturated rings. The van der Waals surface area contributed by atoms with Gasteiger partial charge in [-0.15, -0.1) is 10.2 Å². The number of ether oxygens (including phenoxy) is 1. The highest BCUT2D eigenvalue weighted by molar-refractivity contribution is 7.15. The van der Waals surface area contributed by atoms with Crippen LogP contribution in [0.15, 0.2) is 39.5 Å². The van der Waals surface area contributed by atoms with Crippen LogP contribution in [0.25, 0.3) is 11.0 Å². The molecule has 1 amide bonds. The first-order valence-electron chi connectivity index (χ1n) is 11.9. The van der Waals surface area contributed by atoms with Crippen molar-refractivity contribution >= 4 is 33.3 Å². The van der Waals surface area contributed by atoms with E-state index in [0.29, 0.717) is 34.2 Å². The Bertz CT molecular complexity index is 1560. The summed E-state index contributed by atoms with van der Waals surface area (Å²) in [5.41, 5.74) is 2.86. The van der Waals surface area contributed by atoms with E-state index >= 15 is 0 Å². The molecule has 9 heteroatoms. The standard InChI is InChI=1S/C27H27N3O5S/c1-6-34-20-12-16(7-8-18(20)31)23-22-24(32)17-10-14(4)15(5)11-19(17)35-25(22)26(33)30(23)27-29-28-21(36-27)9-13(2)3/h7-8,10-13,23,31H,6,9H2,1-5H3. The summed E-state index contributed by atoms with van der Waals surface area (Å²) in [5.74, 6) is 0.158. The summed E-state index contributed by atoms with van der Waals surface area (Å²) in [4.78, 5) is 29.1. The number of aromatic nitrogens is 2. The minimum Gasteiger partial charge on any atom is -0.504 e. The molecule has 0 spiro atoms. The second kappa shape index (κ2) is 9.05. The molecule has 1 aliphatic heterocycles. The Morgan fingerprint density at radius 2 is 1.89 bits per heavy atom. The number of carbonyl (C=O) groups is 1. The van der Waals surface area contributed by atoms with Crippen molar-refractivity contribution in [1.82, 2.24) is 10.2 Å². The van der Waals surface area contributed by atoms with Crippen molar-refractivity contribution in [3.05, 3.63) is 73.6 Å². The Morgan fingerprint density at radius 1 is 1.14 bits per heavy atom. The Kier molecular flexibility index (Phi) is 6.04. The number of aromatic hydroxyl groups is 1. The van der Waals surface area contributed by atoms with E-state index in [0.717, 1.165) is 22.6 Å². The fraction of sp³-hybridized carbons (Fsp3) is 0.333. The molecule has 3 heterocycles. The zero-order valence-corrected chi connectivity index (χ0v) is 21.6. The van der Waals surface area contributed by atoms with Gasteiger partial charge in [-0.3, -0.25) is 14.5 Å². The predicted octanol–water partition coefficient (Wildman–Crippen LogP) is 5.31. The monoisotopic (exact) mass is 505 g/mol. The van der Waals surface area contributed by atoms with E-state index in [4.69, 9.17) is 9.15 Å². The maximum absolute atomic E-state index is 13.9. The van der Waals surface area contributed by atoms with Gasteiger partial charge in [-0.05, 0) is 67.6 Å². The van der Waals surface area contributed by atoms with Crippen molar-refractivity contribution in [3.63, 3.8) is 0 Å². The van der Waals surface area contributed by atoms with Gasteiger partial charge in [-0.25, -0.2) is 0 Å². The summed E-state index contributed by atoms with van der Waals surface area (Å²) in [5, 5.41) is 20.5. The van der Waals surface area contributed by atoms with Crippen molar-refractivity contribution in [3.8, 4) is 11.5 Å². The Balaban J connectivity index is 1.76. The fourth-order valence-electron chi connectivity index (χ4n) is 4.49. The zero-order chi connectivity index (χ0) is 25.7. The number of rotatable bonds is 6. The summed E-state index contributed by atoms with van der Waals surface area (Å²) in [6.07, 6.45) is 0.727. The third-order valence-electron chi connectivity index (χ3n) is 6.33. The number of anilines is 1. The van der Waals surface area contributed by atoms with Crippen molar-refractivity contribution in [2.45, 2.75) is 47.1 Å². The molecule has 4 aromatic rings. The van der Waals surface area contributed by atoms with Crippen LogP contribution in [0.2, 0.25) is 0 Å². The Morgan fingerprint density at radius 3 is 2.61 bits per heavy atom. The minimum absolute atomic E-state index is 0.00704. The maximum atomic E-state index is 13.9. The van der Waals surface area contributed by atoms with Gasteiger partial charge in [0.15, 0.2) is 16.9 Å². The minimum atomic E-state index is -0.811. The van der Waals surface area contributed by atoms with Crippen LogP contribution in [-0.4, -0.2) is 27.8 Å². The quantitative estimate of drug-likeness (QED) is 0.378. The maximum Gasteiger partial charge on any atom is 0.297 e. The molecule has 1 N–H and O–H groups in total. The molecule has 1 atom stereocenters. The van der Waals surface area contributed by atoms with Gasteiger partial charge >= 0.3 is 0 Å². The van der Waals surface area contributed by atoms with Crippen LogP contribution in [0.3, 0.4) is 0 Å². The molecule has 1 aliphatic rings. The lowest BCUT2D eigenvalue weighted by molar-refractivity contribution is 0.0970. The van der Waals surface area contributed by atoms with Gasteiger partial charge in [0, 0.05) is 6.42 Å². The van der Waals surface area contributed by atoms with Crippen LogP contribution in [0.1, 0.15) is 64.6 Å². The third-order valence-corrected chi connectivity index (χ3v) is 7.28. The third kappa shape index (κ3) is 3.93. The van der Waals surface area contributed by atoms with E-state index in [1.54, 1.807) is 24.3 Å². The largest absolute Gasteiger partial charge is 0.504 e. The lowest BCUT2D eigenvalue weighted by Crippen LogP contribution is -2.29. The van der Waals surface area contributed by atoms with Crippen LogP contribution < -0.4 is 15.1 Å².